The number of aryl methyl sites for hydroxylation is 2. The lowest BCUT2D eigenvalue weighted by atomic mass is 10.0. The number of hydrogen-bond donors (Lipinski definition) is 1. The molecule has 0 amide bonds. The van der Waals surface area contributed by atoms with Gasteiger partial charge in [-0.05, 0) is 46.5 Å². The third-order valence-electron chi connectivity index (χ3n) is 2.75. The Morgan fingerprint density at radius 2 is 2.06 bits per heavy atom. The molecule has 1 heterocycles. The summed E-state index contributed by atoms with van der Waals surface area (Å²) < 4.78 is 0.460. The fraction of sp³-hybridized carbons (Fsp3) is 0.231. The minimum atomic E-state index is -0.140. The van der Waals surface area contributed by atoms with Crippen molar-refractivity contribution in [1.29, 1.82) is 0 Å². The van der Waals surface area contributed by atoms with Gasteiger partial charge in [0.1, 0.15) is 10.3 Å². The van der Waals surface area contributed by atoms with E-state index in [0.717, 1.165) is 5.56 Å². The predicted octanol–water partition coefficient (Wildman–Crippen LogP) is 2.74. The maximum absolute atomic E-state index is 11.4. The van der Waals surface area contributed by atoms with Crippen molar-refractivity contribution in [3.05, 3.63) is 61.7 Å². The zero-order valence-corrected chi connectivity index (χ0v) is 11.3. The van der Waals surface area contributed by atoms with Crippen LogP contribution in [0.15, 0.2) is 33.7 Å². The van der Waals surface area contributed by atoms with E-state index in [1.54, 1.807) is 0 Å². The average molecular weight is 293 g/mol. The molecule has 17 heavy (non-hydrogen) atoms. The fourth-order valence-corrected chi connectivity index (χ4v) is 1.81. The molecule has 0 fully saturated rings. The Balaban J connectivity index is 2.28. The van der Waals surface area contributed by atoms with Gasteiger partial charge in [-0.3, -0.25) is 4.79 Å². The highest BCUT2D eigenvalue weighted by molar-refractivity contribution is 9.10. The van der Waals surface area contributed by atoms with Crippen LogP contribution in [0.4, 0.5) is 0 Å². The van der Waals surface area contributed by atoms with E-state index in [0.29, 0.717) is 16.7 Å². The number of hydrogen-bond acceptors (Lipinski definition) is 2. The van der Waals surface area contributed by atoms with Crippen LogP contribution in [0.25, 0.3) is 0 Å². The van der Waals surface area contributed by atoms with Crippen LogP contribution < -0.4 is 5.56 Å². The topological polar surface area (TPSA) is 45.8 Å². The second-order valence-electron chi connectivity index (χ2n) is 4.10. The standard InChI is InChI=1S/C13H13BrN2O/c1-8-3-4-10(5-9(8)2)6-12-15-7-11(14)13(17)16-12/h3-5,7H,6H2,1-2H3,(H,15,16,17). The number of aromatic nitrogens is 2. The minimum absolute atomic E-state index is 0.140. The van der Waals surface area contributed by atoms with Gasteiger partial charge in [-0.25, -0.2) is 4.98 Å². The van der Waals surface area contributed by atoms with Crippen molar-refractivity contribution in [3.63, 3.8) is 0 Å². The van der Waals surface area contributed by atoms with Crippen LogP contribution in [0.2, 0.25) is 0 Å². The first-order chi connectivity index (χ1) is 8.06. The van der Waals surface area contributed by atoms with Crippen molar-refractivity contribution in [3.8, 4) is 0 Å². The molecular formula is C13H13BrN2O. The molecule has 0 spiro atoms. The summed E-state index contributed by atoms with van der Waals surface area (Å²) in [5.74, 6) is 0.682. The largest absolute Gasteiger partial charge is 0.309 e. The Bertz CT molecular complexity index is 605. The van der Waals surface area contributed by atoms with Gasteiger partial charge in [-0.15, -0.1) is 0 Å². The summed E-state index contributed by atoms with van der Waals surface area (Å²) in [6.07, 6.45) is 2.18. The van der Waals surface area contributed by atoms with Crippen LogP contribution in [0.3, 0.4) is 0 Å². The third-order valence-corrected chi connectivity index (χ3v) is 3.32. The molecule has 1 aromatic carbocycles. The summed E-state index contributed by atoms with van der Waals surface area (Å²) in [6.45, 7) is 4.16. The molecule has 2 rings (SSSR count). The highest BCUT2D eigenvalue weighted by atomic mass is 79.9. The molecule has 0 aliphatic carbocycles. The predicted molar refractivity (Wildman–Crippen MR) is 71.3 cm³/mol. The molecule has 0 atom stereocenters. The maximum Gasteiger partial charge on any atom is 0.265 e. The van der Waals surface area contributed by atoms with Gasteiger partial charge in [0, 0.05) is 12.6 Å². The second kappa shape index (κ2) is 4.84. The average Bonchev–Trinajstić information content (AvgIpc) is 2.29. The molecule has 0 bridgehead atoms. The van der Waals surface area contributed by atoms with Crippen LogP contribution in [0.1, 0.15) is 22.5 Å². The highest BCUT2D eigenvalue weighted by Crippen LogP contribution is 2.12. The van der Waals surface area contributed by atoms with Crippen LogP contribution in [-0.2, 0) is 6.42 Å². The Hall–Kier alpha value is -1.42. The molecule has 0 saturated carbocycles. The van der Waals surface area contributed by atoms with Crippen molar-refractivity contribution < 1.29 is 0 Å². The molecule has 4 heteroatoms. The zero-order valence-electron chi connectivity index (χ0n) is 9.75. The van der Waals surface area contributed by atoms with Gasteiger partial charge in [0.25, 0.3) is 5.56 Å². The van der Waals surface area contributed by atoms with E-state index < -0.39 is 0 Å². The lowest BCUT2D eigenvalue weighted by molar-refractivity contribution is 0.936. The minimum Gasteiger partial charge on any atom is -0.309 e. The van der Waals surface area contributed by atoms with Crippen molar-refractivity contribution in [1.82, 2.24) is 9.97 Å². The van der Waals surface area contributed by atoms with E-state index in [-0.39, 0.29) is 5.56 Å². The molecule has 0 saturated heterocycles. The maximum atomic E-state index is 11.4. The number of halogens is 1. The number of benzene rings is 1. The van der Waals surface area contributed by atoms with Crippen LogP contribution in [0, 0.1) is 13.8 Å². The first-order valence-electron chi connectivity index (χ1n) is 5.36. The Labute approximate surface area is 108 Å². The van der Waals surface area contributed by atoms with E-state index in [1.165, 1.54) is 17.3 Å². The van der Waals surface area contributed by atoms with Gasteiger partial charge in [0.05, 0.1) is 0 Å². The molecule has 0 unspecified atom stereocenters. The second-order valence-corrected chi connectivity index (χ2v) is 4.96. The fourth-order valence-electron chi connectivity index (χ4n) is 1.61. The summed E-state index contributed by atoms with van der Waals surface area (Å²) in [7, 11) is 0. The molecule has 0 aliphatic rings. The van der Waals surface area contributed by atoms with Gasteiger partial charge in [0.15, 0.2) is 0 Å². The van der Waals surface area contributed by atoms with Gasteiger partial charge in [-0.1, -0.05) is 18.2 Å². The van der Waals surface area contributed by atoms with E-state index in [1.807, 2.05) is 0 Å². The highest BCUT2D eigenvalue weighted by Gasteiger charge is 2.02. The Morgan fingerprint density at radius 3 is 2.71 bits per heavy atom. The molecule has 3 nitrogen and oxygen atoms in total. The van der Waals surface area contributed by atoms with Gasteiger partial charge >= 0.3 is 0 Å². The first-order valence-corrected chi connectivity index (χ1v) is 6.15. The molecule has 0 radical (unpaired) electrons. The van der Waals surface area contributed by atoms with Gasteiger partial charge in [0.2, 0.25) is 0 Å². The molecule has 1 aromatic heterocycles. The molecule has 1 N–H and O–H groups in total. The van der Waals surface area contributed by atoms with Crippen molar-refractivity contribution in [2.75, 3.05) is 0 Å². The van der Waals surface area contributed by atoms with E-state index in [2.05, 4.69) is 57.9 Å². The van der Waals surface area contributed by atoms with Crippen molar-refractivity contribution in [2.45, 2.75) is 20.3 Å². The first kappa shape index (κ1) is 12.0. The van der Waals surface area contributed by atoms with Crippen LogP contribution >= 0.6 is 15.9 Å². The molecular weight excluding hydrogens is 280 g/mol. The Kier molecular flexibility index (Phi) is 3.43. The van der Waals surface area contributed by atoms with Gasteiger partial charge < -0.3 is 4.98 Å². The zero-order chi connectivity index (χ0) is 12.4. The van der Waals surface area contributed by atoms with Gasteiger partial charge in [-0.2, -0.15) is 0 Å². The smallest absolute Gasteiger partial charge is 0.265 e. The number of rotatable bonds is 2. The SMILES string of the molecule is Cc1ccc(Cc2ncc(Br)c(=O)[nH]2)cc1C. The Morgan fingerprint density at radius 1 is 1.29 bits per heavy atom. The monoisotopic (exact) mass is 292 g/mol. The van der Waals surface area contributed by atoms with Crippen LogP contribution in [-0.4, -0.2) is 9.97 Å². The molecule has 0 aliphatic heterocycles. The van der Waals surface area contributed by atoms with E-state index in [9.17, 15) is 4.79 Å². The summed E-state index contributed by atoms with van der Waals surface area (Å²) in [6, 6.07) is 6.27. The normalized spacial score (nSPS) is 10.5. The van der Waals surface area contributed by atoms with Crippen LogP contribution in [0.5, 0.6) is 0 Å². The lowest BCUT2D eigenvalue weighted by Crippen LogP contribution is -2.11. The lowest BCUT2D eigenvalue weighted by Gasteiger charge is -2.05. The number of nitrogens with one attached hydrogen (secondary N) is 1. The third kappa shape index (κ3) is 2.82. The summed E-state index contributed by atoms with van der Waals surface area (Å²) in [5, 5.41) is 0. The van der Waals surface area contributed by atoms with E-state index in [4.69, 9.17) is 0 Å². The summed E-state index contributed by atoms with van der Waals surface area (Å²) >= 11 is 3.13. The number of nitrogens with zero attached hydrogens (tertiary/aromatic N) is 1. The molecule has 2 aromatic rings. The quantitative estimate of drug-likeness (QED) is 0.925. The van der Waals surface area contributed by atoms with E-state index >= 15 is 0 Å². The number of aromatic amines is 1. The summed E-state index contributed by atoms with van der Waals surface area (Å²) in [4.78, 5) is 18.3. The number of H-pyrrole nitrogens is 1. The molecule has 88 valence electrons. The van der Waals surface area contributed by atoms with Crippen molar-refractivity contribution in [2.24, 2.45) is 0 Å². The van der Waals surface area contributed by atoms with Crippen molar-refractivity contribution >= 4 is 15.9 Å². The summed E-state index contributed by atoms with van der Waals surface area (Å²) in [5.41, 5.74) is 3.53.